The minimum absolute atomic E-state index is 0.251. The second-order valence-corrected chi connectivity index (χ2v) is 12.9. The molecular weight excluding hydrogens is 415 g/mol. The third-order valence-corrected chi connectivity index (χ3v) is 5.19. The van der Waals surface area contributed by atoms with Gasteiger partial charge in [0.05, 0.1) is 0 Å². The zero-order valence-corrected chi connectivity index (χ0v) is 23.3. The van der Waals surface area contributed by atoms with Gasteiger partial charge >= 0.3 is 8.25 Å². The summed E-state index contributed by atoms with van der Waals surface area (Å²) in [5.74, 6) is 0. The maximum absolute atomic E-state index is 8.70. The lowest BCUT2D eigenvalue weighted by Crippen LogP contribution is -2.15. The first kappa shape index (κ1) is 30.5. The Morgan fingerprint density at radius 1 is 0.500 bits per heavy atom. The Kier molecular flexibility index (Phi) is 11.0. The molecule has 0 saturated heterocycles. The van der Waals surface area contributed by atoms with Crippen molar-refractivity contribution < 1.29 is 14.4 Å². The molecule has 0 unspecified atom stereocenters. The van der Waals surface area contributed by atoms with Crippen LogP contribution in [0.25, 0.3) is 0 Å². The molecule has 0 bridgehead atoms. The molecule has 0 fully saturated rings. The molecule has 0 amide bonds. The number of benzene rings is 2. The van der Waals surface area contributed by atoms with E-state index in [1.165, 1.54) is 22.3 Å². The van der Waals surface area contributed by atoms with Gasteiger partial charge in [0.1, 0.15) is 0 Å². The highest BCUT2D eigenvalue weighted by molar-refractivity contribution is 7.30. The average Bonchev–Trinajstić information content (AvgIpc) is 2.59. The summed E-state index contributed by atoms with van der Waals surface area (Å²) in [6.07, 6.45) is 0. The molecule has 0 atom stereocenters. The molecule has 3 nitrogen and oxygen atoms in total. The summed E-state index contributed by atoms with van der Waals surface area (Å²) in [6, 6.07) is 17.9. The smallest absolute Gasteiger partial charge is 0.134 e. The van der Waals surface area contributed by atoms with Crippen LogP contribution < -0.4 is 0 Å². The van der Waals surface area contributed by atoms with E-state index < -0.39 is 8.25 Å². The molecule has 0 aliphatic rings. The monoisotopic (exact) mass is 461 g/mol. The standard InChI is InChI=1S/2C14H22.HO3P/c2*1-13(2,3)11-8-7-9-12(10-11)14(4,5)6;1-4(2)3/h2*7-10H,1-6H3;(H-,1,2,3)/p+1. The van der Waals surface area contributed by atoms with E-state index in [2.05, 4.69) is 132 Å². The topological polar surface area (TPSA) is 57.5 Å². The second-order valence-electron chi connectivity index (χ2n) is 12.4. The lowest BCUT2D eigenvalue weighted by Gasteiger charge is -2.24. The summed E-state index contributed by atoms with van der Waals surface area (Å²) >= 11 is 0. The van der Waals surface area contributed by atoms with Crippen LogP contribution in [0.2, 0.25) is 0 Å². The average molecular weight is 462 g/mol. The van der Waals surface area contributed by atoms with Crippen molar-refractivity contribution in [3.05, 3.63) is 70.8 Å². The van der Waals surface area contributed by atoms with E-state index >= 15 is 0 Å². The van der Waals surface area contributed by atoms with E-state index in [1.54, 1.807) is 0 Å². The van der Waals surface area contributed by atoms with Gasteiger partial charge in [-0.05, 0) is 43.9 Å². The summed E-state index contributed by atoms with van der Waals surface area (Å²) in [6.45, 7) is 27.1. The molecule has 0 spiro atoms. The predicted molar refractivity (Wildman–Crippen MR) is 140 cm³/mol. The first-order valence-electron chi connectivity index (χ1n) is 11.2. The lowest BCUT2D eigenvalue weighted by atomic mass is 9.81. The highest BCUT2D eigenvalue weighted by Gasteiger charge is 2.19. The number of rotatable bonds is 0. The predicted octanol–water partition coefficient (Wildman–Crippen LogP) is 8.19. The van der Waals surface area contributed by atoms with Crippen molar-refractivity contribution in [1.29, 1.82) is 0 Å². The Morgan fingerprint density at radius 2 is 0.656 bits per heavy atom. The summed E-state index contributed by atoms with van der Waals surface area (Å²) in [4.78, 5) is 14.2. The van der Waals surface area contributed by atoms with Crippen molar-refractivity contribution in [2.75, 3.05) is 0 Å². The van der Waals surface area contributed by atoms with Crippen LogP contribution >= 0.6 is 8.25 Å². The van der Waals surface area contributed by atoms with Gasteiger partial charge < -0.3 is 0 Å². The largest absolute Gasteiger partial charge is 0.692 e. The Balaban J connectivity index is 0.000000515. The molecule has 0 heterocycles. The Bertz CT molecular complexity index is 728. The van der Waals surface area contributed by atoms with Gasteiger partial charge in [-0.15, -0.1) is 9.79 Å². The zero-order valence-electron chi connectivity index (χ0n) is 22.4. The van der Waals surface area contributed by atoms with Crippen molar-refractivity contribution in [1.82, 2.24) is 0 Å². The second kappa shape index (κ2) is 11.5. The Morgan fingerprint density at radius 3 is 0.781 bits per heavy atom. The molecule has 0 saturated carbocycles. The molecule has 2 rings (SSSR count). The maximum atomic E-state index is 8.70. The summed E-state index contributed by atoms with van der Waals surface area (Å²) < 4.78 is 8.70. The summed E-state index contributed by atoms with van der Waals surface area (Å²) in [5.41, 5.74) is 6.69. The SMILES string of the molecule is CC(C)(C)c1cccc(C(C)(C)C)c1.CC(C)(C)c1cccc(C(C)(C)C)c1.O=[P+](O)O. The minimum atomic E-state index is -2.87. The third kappa shape index (κ3) is 11.9. The third-order valence-electron chi connectivity index (χ3n) is 5.19. The summed E-state index contributed by atoms with van der Waals surface area (Å²) in [7, 11) is -2.87. The van der Waals surface area contributed by atoms with E-state index in [0.29, 0.717) is 0 Å². The molecule has 2 N–H and O–H groups in total. The van der Waals surface area contributed by atoms with Crippen LogP contribution in [0, 0.1) is 0 Å². The van der Waals surface area contributed by atoms with Crippen LogP contribution in [0.1, 0.15) is 105 Å². The highest BCUT2D eigenvalue weighted by atomic mass is 31.1. The molecule has 0 aromatic heterocycles. The van der Waals surface area contributed by atoms with Gasteiger partial charge in [-0.3, -0.25) is 0 Å². The van der Waals surface area contributed by atoms with Crippen molar-refractivity contribution in [3.8, 4) is 0 Å². The first-order valence-corrected chi connectivity index (χ1v) is 12.4. The van der Waals surface area contributed by atoms with Gasteiger partial charge in [0, 0.05) is 4.57 Å². The molecule has 4 heteroatoms. The minimum Gasteiger partial charge on any atom is -0.134 e. The fraction of sp³-hybridized carbons (Fsp3) is 0.571. The Labute approximate surface area is 198 Å². The van der Waals surface area contributed by atoms with Crippen LogP contribution in [-0.2, 0) is 26.2 Å². The van der Waals surface area contributed by atoms with Crippen molar-refractivity contribution in [2.45, 2.75) is 105 Å². The number of hydrogen-bond acceptors (Lipinski definition) is 1. The van der Waals surface area contributed by atoms with Gasteiger partial charge in [-0.1, -0.05) is 132 Å². The molecule has 180 valence electrons. The first-order chi connectivity index (χ1) is 14.2. The van der Waals surface area contributed by atoms with Gasteiger partial charge in [-0.25, -0.2) is 0 Å². The fourth-order valence-corrected chi connectivity index (χ4v) is 2.90. The molecule has 2 aromatic rings. The normalized spacial score (nSPS) is 12.2. The summed E-state index contributed by atoms with van der Waals surface area (Å²) in [5, 5.41) is 0. The van der Waals surface area contributed by atoms with E-state index in [0.717, 1.165) is 0 Å². The van der Waals surface area contributed by atoms with Crippen LogP contribution in [0.15, 0.2) is 48.5 Å². The molecule has 0 radical (unpaired) electrons. The van der Waals surface area contributed by atoms with Gasteiger partial charge in [0.25, 0.3) is 0 Å². The van der Waals surface area contributed by atoms with Crippen LogP contribution in [0.4, 0.5) is 0 Å². The molecule has 2 aromatic carbocycles. The maximum Gasteiger partial charge on any atom is 0.692 e. The van der Waals surface area contributed by atoms with Crippen molar-refractivity contribution >= 4 is 8.25 Å². The van der Waals surface area contributed by atoms with Crippen LogP contribution in [0.5, 0.6) is 0 Å². The van der Waals surface area contributed by atoms with E-state index in [1.807, 2.05) is 0 Å². The van der Waals surface area contributed by atoms with Gasteiger partial charge in [0.15, 0.2) is 0 Å². The van der Waals surface area contributed by atoms with Crippen LogP contribution in [0.3, 0.4) is 0 Å². The highest BCUT2D eigenvalue weighted by Crippen LogP contribution is 2.29. The number of hydrogen-bond donors (Lipinski definition) is 2. The molecule has 0 aliphatic heterocycles. The van der Waals surface area contributed by atoms with Crippen LogP contribution in [-0.4, -0.2) is 9.79 Å². The van der Waals surface area contributed by atoms with E-state index in [4.69, 9.17) is 14.4 Å². The lowest BCUT2D eigenvalue weighted by molar-refractivity contribution is 0.405. The van der Waals surface area contributed by atoms with Crippen molar-refractivity contribution in [2.24, 2.45) is 0 Å². The molecule has 0 aliphatic carbocycles. The zero-order chi connectivity index (χ0) is 25.5. The van der Waals surface area contributed by atoms with E-state index in [9.17, 15) is 0 Å². The Hall–Kier alpha value is -1.54. The molecule has 32 heavy (non-hydrogen) atoms. The van der Waals surface area contributed by atoms with E-state index in [-0.39, 0.29) is 21.7 Å². The van der Waals surface area contributed by atoms with Crippen molar-refractivity contribution in [3.63, 3.8) is 0 Å². The van der Waals surface area contributed by atoms with Gasteiger partial charge in [0.2, 0.25) is 0 Å². The molecular formula is C28H46O3P+. The quantitative estimate of drug-likeness (QED) is 0.389. The fourth-order valence-electron chi connectivity index (χ4n) is 2.90. The van der Waals surface area contributed by atoms with Gasteiger partial charge in [-0.2, -0.15) is 0 Å².